The number of rotatable bonds is 13. The molecule has 0 saturated carbocycles. The van der Waals surface area contributed by atoms with Crippen LogP contribution in [0.25, 0.3) is 0 Å². The number of benzene rings is 4. The number of carbonyl (C=O) groups is 2. The van der Waals surface area contributed by atoms with Crippen molar-refractivity contribution in [1.29, 1.82) is 0 Å². The fourth-order valence-electron chi connectivity index (χ4n) is 4.16. The summed E-state index contributed by atoms with van der Waals surface area (Å²) in [7, 11) is 1.63. The second kappa shape index (κ2) is 14.4. The van der Waals surface area contributed by atoms with Crippen molar-refractivity contribution in [2.45, 2.75) is 26.0 Å². The van der Waals surface area contributed by atoms with E-state index in [4.69, 9.17) is 9.47 Å². The monoisotopic (exact) mass is 537 g/mol. The third-order valence-corrected chi connectivity index (χ3v) is 6.36. The molecule has 0 bridgehead atoms. The number of ether oxygens (including phenoxy) is 2. The quantitative estimate of drug-likeness (QED) is 0.205. The first kappa shape index (κ1) is 28.2. The van der Waals surface area contributed by atoms with E-state index in [9.17, 15) is 9.59 Å². The van der Waals surface area contributed by atoms with E-state index in [2.05, 4.69) is 16.0 Å². The second-order valence-corrected chi connectivity index (χ2v) is 9.46. The highest BCUT2D eigenvalue weighted by Gasteiger charge is 2.22. The molecule has 4 rings (SSSR count). The van der Waals surface area contributed by atoms with Gasteiger partial charge in [-0.15, -0.1) is 0 Å². The Kier molecular flexibility index (Phi) is 10.2. The van der Waals surface area contributed by atoms with Crippen LogP contribution in [0, 0.1) is 6.92 Å². The van der Waals surface area contributed by atoms with Crippen molar-refractivity contribution < 1.29 is 19.1 Å². The number of amides is 2. The van der Waals surface area contributed by atoms with Crippen molar-refractivity contribution in [3.8, 4) is 11.5 Å². The van der Waals surface area contributed by atoms with E-state index in [1.165, 1.54) is 0 Å². The van der Waals surface area contributed by atoms with Crippen LogP contribution in [0.4, 0.5) is 5.69 Å². The minimum atomic E-state index is -0.745. The maximum absolute atomic E-state index is 13.2. The number of nitrogens with one attached hydrogen (secondary N) is 3. The average molecular weight is 538 g/mol. The summed E-state index contributed by atoms with van der Waals surface area (Å²) in [5.41, 5.74) is 4.42. The topological polar surface area (TPSA) is 88.7 Å². The van der Waals surface area contributed by atoms with Crippen molar-refractivity contribution in [1.82, 2.24) is 10.6 Å². The maximum atomic E-state index is 13.2. The lowest BCUT2D eigenvalue weighted by Gasteiger charge is -2.19. The molecule has 7 heteroatoms. The maximum Gasteiger partial charge on any atom is 0.251 e. The van der Waals surface area contributed by atoms with Crippen molar-refractivity contribution in [2.24, 2.45) is 0 Å². The van der Waals surface area contributed by atoms with Crippen LogP contribution in [0.15, 0.2) is 103 Å². The molecule has 0 saturated heterocycles. The van der Waals surface area contributed by atoms with Gasteiger partial charge >= 0.3 is 0 Å². The average Bonchev–Trinajstić information content (AvgIpc) is 2.99. The predicted molar refractivity (Wildman–Crippen MR) is 158 cm³/mol. The van der Waals surface area contributed by atoms with Gasteiger partial charge in [-0.1, -0.05) is 60.2 Å². The molecular weight excluding hydrogens is 502 g/mol. The van der Waals surface area contributed by atoms with Gasteiger partial charge in [-0.2, -0.15) is 0 Å². The van der Waals surface area contributed by atoms with Crippen LogP contribution < -0.4 is 25.4 Å². The molecule has 0 aliphatic rings. The van der Waals surface area contributed by atoms with E-state index in [1.807, 2.05) is 104 Å². The van der Waals surface area contributed by atoms with Crippen LogP contribution in [-0.4, -0.2) is 38.1 Å². The normalized spacial score (nSPS) is 11.2. The van der Waals surface area contributed by atoms with E-state index >= 15 is 0 Å². The molecule has 0 radical (unpaired) electrons. The Bertz CT molecular complexity index is 1370. The minimum absolute atomic E-state index is 0.248. The van der Waals surface area contributed by atoms with E-state index in [0.717, 1.165) is 33.9 Å². The van der Waals surface area contributed by atoms with Gasteiger partial charge < -0.3 is 25.4 Å². The number of hydrogen-bond acceptors (Lipinski definition) is 5. The zero-order chi connectivity index (χ0) is 28.2. The molecule has 206 valence electrons. The Morgan fingerprint density at radius 2 is 1.50 bits per heavy atom. The Balaban J connectivity index is 1.36. The Hall–Kier alpha value is -4.78. The van der Waals surface area contributed by atoms with E-state index in [0.29, 0.717) is 31.7 Å². The number of anilines is 1. The number of carbonyl (C=O) groups excluding carboxylic acids is 2. The summed E-state index contributed by atoms with van der Waals surface area (Å²) in [4.78, 5) is 26.2. The zero-order valence-electron chi connectivity index (χ0n) is 22.9. The molecule has 7 nitrogen and oxygen atoms in total. The first-order chi connectivity index (χ1) is 19.5. The predicted octanol–water partition coefficient (Wildman–Crippen LogP) is 5.15. The third kappa shape index (κ3) is 8.63. The smallest absolute Gasteiger partial charge is 0.251 e. The number of aryl methyl sites for hydroxylation is 1. The number of methoxy groups -OCH3 is 1. The van der Waals surface area contributed by atoms with Crippen molar-refractivity contribution in [2.75, 3.05) is 25.5 Å². The summed E-state index contributed by atoms with van der Waals surface area (Å²) in [6.07, 6.45) is 0.342. The van der Waals surface area contributed by atoms with E-state index in [-0.39, 0.29) is 11.8 Å². The van der Waals surface area contributed by atoms with Crippen LogP contribution in [0.1, 0.15) is 27.0 Å². The SMILES string of the molecule is COc1ccc(NCCNC(=O)[C@H](Cc2ccc(OCc3ccccc3)cc2)NC(=O)c2cccc(C)c2)cc1. The highest BCUT2D eigenvalue weighted by Crippen LogP contribution is 2.17. The molecule has 0 spiro atoms. The second-order valence-electron chi connectivity index (χ2n) is 9.46. The van der Waals surface area contributed by atoms with E-state index in [1.54, 1.807) is 13.2 Å². The molecule has 2 amide bonds. The molecule has 0 aliphatic heterocycles. The van der Waals surface area contributed by atoms with Crippen LogP contribution in [0.2, 0.25) is 0 Å². The minimum Gasteiger partial charge on any atom is -0.497 e. The molecule has 40 heavy (non-hydrogen) atoms. The lowest BCUT2D eigenvalue weighted by atomic mass is 10.0. The Morgan fingerprint density at radius 3 is 2.20 bits per heavy atom. The van der Waals surface area contributed by atoms with Gasteiger partial charge in [-0.25, -0.2) is 0 Å². The van der Waals surface area contributed by atoms with Gasteiger partial charge in [-0.3, -0.25) is 9.59 Å². The van der Waals surface area contributed by atoms with Gasteiger partial charge in [0.25, 0.3) is 5.91 Å². The molecule has 0 heterocycles. The summed E-state index contributed by atoms with van der Waals surface area (Å²) in [6, 6.07) is 31.7. The van der Waals surface area contributed by atoms with E-state index < -0.39 is 6.04 Å². The molecule has 4 aromatic carbocycles. The van der Waals surface area contributed by atoms with Crippen molar-refractivity contribution in [3.63, 3.8) is 0 Å². The van der Waals surface area contributed by atoms with Gasteiger partial charge in [0, 0.05) is 30.8 Å². The lowest BCUT2D eigenvalue weighted by Crippen LogP contribution is -2.48. The van der Waals surface area contributed by atoms with Crippen LogP contribution in [0.3, 0.4) is 0 Å². The molecule has 0 aliphatic carbocycles. The largest absolute Gasteiger partial charge is 0.497 e. The highest BCUT2D eigenvalue weighted by atomic mass is 16.5. The van der Waals surface area contributed by atoms with Gasteiger partial charge in [0.05, 0.1) is 7.11 Å². The number of hydrogen-bond donors (Lipinski definition) is 3. The van der Waals surface area contributed by atoms with Gasteiger partial charge in [0.15, 0.2) is 0 Å². The summed E-state index contributed by atoms with van der Waals surface area (Å²) in [5.74, 6) is 0.980. The van der Waals surface area contributed by atoms with Gasteiger partial charge in [-0.05, 0) is 66.6 Å². The Labute approximate surface area is 235 Å². The summed E-state index contributed by atoms with van der Waals surface area (Å²) in [5, 5.41) is 9.14. The van der Waals surface area contributed by atoms with Crippen LogP contribution in [-0.2, 0) is 17.8 Å². The molecule has 0 unspecified atom stereocenters. The van der Waals surface area contributed by atoms with Gasteiger partial charge in [0.1, 0.15) is 24.1 Å². The van der Waals surface area contributed by atoms with Crippen LogP contribution >= 0.6 is 0 Å². The standard InChI is InChI=1S/C33H35N3O4/c1-24-7-6-10-27(21-24)32(37)36-31(33(38)35-20-19-34-28-13-17-29(39-2)18-14-28)22-25-11-15-30(16-12-25)40-23-26-8-4-3-5-9-26/h3-18,21,31,34H,19-20,22-23H2,1-2H3,(H,35,38)(H,36,37)/t31-/m0/s1. The lowest BCUT2D eigenvalue weighted by molar-refractivity contribution is -0.122. The first-order valence-electron chi connectivity index (χ1n) is 13.3. The van der Waals surface area contributed by atoms with Gasteiger partial charge in [0.2, 0.25) is 5.91 Å². The summed E-state index contributed by atoms with van der Waals surface area (Å²) >= 11 is 0. The highest BCUT2D eigenvalue weighted by molar-refractivity contribution is 5.97. The molecule has 4 aromatic rings. The van der Waals surface area contributed by atoms with Crippen LogP contribution in [0.5, 0.6) is 11.5 Å². The molecule has 0 fully saturated rings. The summed E-state index contributed by atoms with van der Waals surface area (Å²) in [6.45, 7) is 3.33. The summed E-state index contributed by atoms with van der Waals surface area (Å²) < 4.78 is 11.1. The fourth-order valence-corrected chi connectivity index (χ4v) is 4.16. The van der Waals surface area contributed by atoms with Crippen molar-refractivity contribution >= 4 is 17.5 Å². The third-order valence-electron chi connectivity index (χ3n) is 6.36. The molecular formula is C33H35N3O4. The Morgan fingerprint density at radius 1 is 0.775 bits per heavy atom. The molecule has 1 atom stereocenters. The van der Waals surface area contributed by atoms with Crippen molar-refractivity contribution in [3.05, 3.63) is 125 Å². The fraction of sp³-hybridized carbons (Fsp3) is 0.212. The molecule has 0 aromatic heterocycles. The first-order valence-corrected chi connectivity index (χ1v) is 13.3. The zero-order valence-corrected chi connectivity index (χ0v) is 22.9. The molecule has 3 N–H and O–H groups in total.